The highest BCUT2D eigenvalue weighted by atomic mass is 16.5. The monoisotopic (exact) mass is 288 g/mol. The van der Waals surface area contributed by atoms with E-state index in [0.717, 1.165) is 23.8 Å². The first kappa shape index (κ1) is 13.7. The summed E-state index contributed by atoms with van der Waals surface area (Å²) < 4.78 is 16.3. The van der Waals surface area contributed by atoms with Crippen LogP contribution in [0.1, 0.15) is 24.8 Å². The third-order valence-electron chi connectivity index (χ3n) is 3.73. The number of fused-ring (bicyclic) bond motifs is 1. The average molecular weight is 288 g/mol. The molecule has 3 rings (SSSR count). The fourth-order valence-electron chi connectivity index (χ4n) is 2.72. The lowest BCUT2D eigenvalue weighted by Gasteiger charge is -2.14. The molecule has 5 nitrogen and oxygen atoms in total. The number of ketones is 1. The fraction of sp³-hybridized carbons (Fsp3) is 0.375. The van der Waals surface area contributed by atoms with Crippen LogP contribution >= 0.6 is 0 Å². The summed E-state index contributed by atoms with van der Waals surface area (Å²) in [6.07, 6.45) is 1.71. The molecule has 2 aromatic rings. The molecule has 5 heteroatoms. The molecule has 0 bridgehead atoms. The number of Topliss-reactive ketones (excluding diaryl/α,β-unsaturated/α-hetero) is 1. The van der Waals surface area contributed by atoms with Crippen LogP contribution < -0.4 is 15.1 Å². The van der Waals surface area contributed by atoms with Crippen molar-refractivity contribution in [1.82, 2.24) is 0 Å². The number of methoxy groups -OCH3 is 1. The maximum Gasteiger partial charge on any atom is 0.336 e. The van der Waals surface area contributed by atoms with Crippen LogP contribution in [0.4, 0.5) is 0 Å². The predicted octanol–water partition coefficient (Wildman–Crippen LogP) is 2.61. The summed E-state index contributed by atoms with van der Waals surface area (Å²) in [7, 11) is 1.55. The van der Waals surface area contributed by atoms with Crippen molar-refractivity contribution in [1.29, 1.82) is 0 Å². The van der Waals surface area contributed by atoms with Crippen LogP contribution in [-0.2, 0) is 4.79 Å². The number of hydrogen-bond donors (Lipinski definition) is 0. The normalized spacial score (nSPS) is 18.2. The summed E-state index contributed by atoms with van der Waals surface area (Å²) in [5.74, 6) is 1.15. The molecule has 1 aliphatic carbocycles. The first-order chi connectivity index (χ1) is 10.1. The minimum Gasteiger partial charge on any atom is -0.496 e. The summed E-state index contributed by atoms with van der Waals surface area (Å²) in [6.45, 7) is 1.82. The Labute approximate surface area is 121 Å². The first-order valence-corrected chi connectivity index (χ1v) is 6.90. The molecule has 1 fully saturated rings. The number of rotatable bonds is 3. The molecule has 0 radical (unpaired) electrons. The number of hydrogen-bond acceptors (Lipinski definition) is 5. The van der Waals surface area contributed by atoms with E-state index in [4.69, 9.17) is 13.9 Å². The highest BCUT2D eigenvalue weighted by molar-refractivity contribution is 5.88. The molecule has 1 saturated carbocycles. The van der Waals surface area contributed by atoms with Crippen molar-refractivity contribution in [3.05, 3.63) is 34.2 Å². The zero-order chi connectivity index (χ0) is 15.0. The highest BCUT2D eigenvalue weighted by Crippen LogP contribution is 2.34. The van der Waals surface area contributed by atoms with Crippen molar-refractivity contribution in [2.75, 3.05) is 7.11 Å². The minimum absolute atomic E-state index is 0.111. The molecule has 1 aromatic heterocycles. The summed E-state index contributed by atoms with van der Waals surface area (Å²) in [5, 5.41) is 0.738. The number of carbonyl (C=O) groups is 1. The largest absolute Gasteiger partial charge is 0.496 e. The molecule has 21 heavy (non-hydrogen) atoms. The molecule has 1 atom stereocenters. The van der Waals surface area contributed by atoms with Crippen molar-refractivity contribution in [3.63, 3.8) is 0 Å². The Balaban J connectivity index is 2.08. The second kappa shape index (κ2) is 5.24. The molecule has 1 aliphatic rings. The van der Waals surface area contributed by atoms with Gasteiger partial charge in [0.1, 0.15) is 17.1 Å². The molecule has 0 N–H and O–H groups in total. The molecular formula is C16H16O5. The van der Waals surface area contributed by atoms with Crippen LogP contribution in [0.2, 0.25) is 0 Å². The van der Waals surface area contributed by atoms with Gasteiger partial charge in [-0.2, -0.15) is 0 Å². The smallest absolute Gasteiger partial charge is 0.336 e. The van der Waals surface area contributed by atoms with Gasteiger partial charge in [-0.15, -0.1) is 0 Å². The van der Waals surface area contributed by atoms with Crippen LogP contribution in [0.3, 0.4) is 0 Å². The van der Waals surface area contributed by atoms with Crippen molar-refractivity contribution < 1.29 is 18.7 Å². The van der Waals surface area contributed by atoms with Gasteiger partial charge in [0.15, 0.2) is 11.9 Å². The first-order valence-electron chi connectivity index (χ1n) is 6.90. The lowest BCUT2D eigenvalue weighted by atomic mass is 10.1. The quantitative estimate of drug-likeness (QED) is 0.812. The van der Waals surface area contributed by atoms with Gasteiger partial charge in [-0.25, -0.2) is 4.79 Å². The molecule has 0 aliphatic heterocycles. The van der Waals surface area contributed by atoms with E-state index < -0.39 is 11.7 Å². The van der Waals surface area contributed by atoms with Gasteiger partial charge in [0.2, 0.25) is 0 Å². The van der Waals surface area contributed by atoms with Gasteiger partial charge in [0.05, 0.1) is 12.5 Å². The zero-order valence-corrected chi connectivity index (χ0v) is 12.0. The van der Waals surface area contributed by atoms with Crippen LogP contribution in [0.25, 0.3) is 11.0 Å². The van der Waals surface area contributed by atoms with E-state index in [1.54, 1.807) is 19.2 Å². The molecule has 1 aromatic carbocycles. The number of ether oxygens (including phenoxy) is 2. The van der Waals surface area contributed by atoms with Crippen molar-refractivity contribution >= 4 is 16.8 Å². The zero-order valence-electron chi connectivity index (χ0n) is 12.0. The van der Waals surface area contributed by atoms with Gasteiger partial charge in [-0.3, -0.25) is 4.79 Å². The topological polar surface area (TPSA) is 65.7 Å². The number of carbonyl (C=O) groups excluding carboxylic acids is 1. The van der Waals surface area contributed by atoms with E-state index in [9.17, 15) is 9.59 Å². The Hall–Kier alpha value is -2.30. The second-order valence-electron chi connectivity index (χ2n) is 5.21. The van der Waals surface area contributed by atoms with E-state index in [-0.39, 0.29) is 5.78 Å². The Kier molecular flexibility index (Phi) is 3.41. The third-order valence-corrected chi connectivity index (χ3v) is 3.73. The van der Waals surface area contributed by atoms with Crippen molar-refractivity contribution in [3.8, 4) is 11.5 Å². The van der Waals surface area contributed by atoms with Gasteiger partial charge in [0, 0.05) is 24.6 Å². The van der Waals surface area contributed by atoms with E-state index in [0.29, 0.717) is 23.5 Å². The van der Waals surface area contributed by atoms with Crippen molar-refractivity contribution in [2.45, 2.75) is 32.3 Å². The molecule has 1 unspecified atom stereocenters. The summed E-state index contributed by atoms with van der Waals surface area (Å²) in [4.78, 5) is 23.2. The maximum absolute atomic E-state index is 11.7. The molecular weight excluding hydrogens is 272 g/mol. The van der Waals surface area contributed by atoms with Gasteiger partial charge < -0.3 is 13.9 Å². The van der Waals surface area contributed by atoms with Crippen molar-refractivity contribution in [2.24, 2.45) is 0 Å². The summed E-state index contributed by atoms with van der Waals surface area (Å²) in [6, 6.07) is 4.78. The second-order valence-corrected chi connectivity index (χ2v) is 5.21. The van der Waals surface area contributed by atoms with Gasteiger partial charge in [-0.1, -0.05) is 0 Å². The van der Waals surface area contributed by atoms with Crippen LogP contribution in [0, 0.1) is 6.92 Å². The van der Waals surface area contributed by atoms with E-state index in [1.807, 2.05) is 6.92 Å². The van der Waals surface area contributed by atoms with Gasteiger partial charge in [0.25, 0.3) is 0 Å². The van der Waals surface area contributed by atoms with Gasteiger partial charge in [-0.05, 0) is 25.3 Å². The minimum atomic E-state index is -0.420. The lowest BCUT2D eigenvalue weighted by Crippen LogP contribution is -2.20. The maximum atomic E-state index is 11.7. The Morgan fingerprint density at radius 1 is 1.24 bits per heavy atom. The predicted molar refractivity (Wildman–Crippen MR) is 77.0 cm³/mol. The highest BCUT2D eigenvalue weighted by Gasteiger charge is 2.26. The third kappa shape index (κ3) is 2.51. The van der Waals surface area contributed by atoms with Crippen LogP contribution in [0.15, 0.2) is 27.4 Å². The Morgan fingerprint density at radius 3 is 2.71 bits per heavy atom. The van der Waals surface area contributed by atoms with E-state index >= 15 is 0 Å². The Bertz CT molecular complexity index is 759. The van der Waals surface area contributed by atoms with Crippen LogP contribution in [0.5, 0.6) is 11.5 Å². The number of aryl methyl sites for hydroxylation is 1. The summed E-state index contributed by atoms with van der Waals surface area (Å²) >= 11 is 0. The molecule has 1 heterocycles. The number of benzene rings is 1. The lowest BCUT2D eigenvalue weighted by molar-refractivity contribution is -0.123. The molecule has 0 amide bonds. The molecule has 110 valence electrons. The average Bonchev–Trinajstić information content (AvgIpc) is 2.82. The summed E-state index contributed by atoms with van der Waals surface area (Å²) in [5.41, 5.74) is 0.762. The van der Waals surface area contributed by atoms with E-state index in [2.05, 4.69) is 0 Å². The Morgan fingerprint density at radius 2 is 2.05 bits per heavy atom. The fourth-order valence-corrected chi connectivity index (χ4v) is 2.72. The SMILES string of the molecule is COc1cc(OC2CCCC2=O)cc2oc(=O)cc(C)c12. The standard InChI is InChI=1S/C16H16O5/c1-9-6-15(18)21-14-8-10(7-13(19-2)16(9)14)20-12-5-3-4-11(12)17/h6-8,12H,3-5H2,1-2H3. The van der Waals surface area contributed by atoms with Gasteiger partial charge >= 0.3 is 5.63 Å². The molecule has 0 spiro atoms. The molecule has 0 saturated heterocycles. The van der Waals surface area contributed by atoms with E-state index in [1.165, 1.54) is 6.07 Å². The van der Waals surface area contributed by atoms with Crippen LogP contribution in [-0.4, -0.2) is 19.0 Å².